The van der Waals surface area contributed by atoms with Crippen LogP contribution in [0.25, 0.3) is 0 Å². The third-order valence-corrected chi connectivity index (χ3v) is 4.92. The van der Waals surface area contributed by atoms with Gasteiger partial charge in [-0.1, -0.05) is 43.3 Å². The number of aryl methyl sites for hydroxylation is 1. The molecule has 0 bridgehead atoms. The summed E-state index contributed by atoms with van der Waals surface area (Å²) in [6.45, 7) is 9.95. The van der Waals surface area contributed by atoms with Gasteiger partial charge in [-0.05, 0) is 43.4 Å². The number of carbonyl (C=O) groups excluding carboxylic acids is 1. The molecule has 1 aliphatic heterocycles. The topological polar surface area (TPSA) is 63.1 Å². The number of nitrogens with zero attached hydrogens (tertiary/aromatic N) is 4. The van der Waals surface area contributed by atoms with Gasteiger partial charge in [-0.25, -0.2) is 4.68 Å². The molecule has 3 rings (SSSR count). The second-order valence-corrected chi connectivity index (χ2v) is 7.65. The van der Waals surface area contributed by atoms with Gasteiger partial charge in [-0.3, -0.25) is 9.69 Å². The summed E-state index contributed by atoms with van der Waals surface area (Å²) in [6, 6.07) is 8.82. The number of piperidine rings is 1. The van der Waals surface area contributed by atoms with Crippen molar-refractivity contribution < 1.29 is 4.79 Å². The average Bonchev–Trinajstić information content (AvgIpc) is 3.12. The van der Waals surface area contributed by atoms with E-state index in [1.807, 2.05) is 4.68 Å². The number of carbonyl (C=O) groups is 1. The van der Waals surface area contributed by atoms with Crippen molar-refractivity contribution in [2.75, 3.05) is 19.6 Å². The first kappa shape index (κ1) is 18.6. The zero-order valence-electron chi connectivity index (χ0n) is 16.0. The van der Waals surface area contributed by atoms with Gasteiger partial charge in [0, 0.05) is 19.6 Å². The van der Waals surface area contributed by atoms with Crippen molar-refractivity contribution >= 4 is 5.91 Å². The monoisotopic (exact) mass is 355 g/mol. The van der Waals surface area contributed by atoms with E-state index in [0.29, 0.717) is 18.2 Å². The molecule has 1 amide bonds. The van der Waals surface area contributed by atoms with Crippen LogP contribution in [0.15, 0.2) is 30.5 Å². The molecule has 2 heterocycles. The standard InChI is InChI=1S/C20H29N5O/c1-15(2)11-21-20(26)19-14-25(23-22-19)18-9-6-10-24(13-18)12-17-8-5-4-7-16(17)3/h4-5,7-8,14-15,18H,6,9-13H2,1-3H3,(H,21,26)/t18-/m1/s1. The first-order valence-corrected chi connectivity index (χ1v) is 9.50. The molecule has 6 heteroatoms. The van der Waals surface area contributed by atoms with Crippen LogP contribution in [-0.4, -0.2) is 45.4 Å². The quantitative estimate of drug-likeness (QED) is 0.865. The Balaban J connectivity index is 1.61. The maximum Gasteiger partial charge on any atom is 0.273 e. The van der Waals surface area contributed by atoms with Gasteiger partial charge in [0.05, 0.1) is 12.2 Å². The Hall–Kier alpha value is -2.21. The minimum absolute atomic E-state index is 0.141. The third-order valence-electron chi connectivity index (χ3n) is 4.92. The molecule has 0 radical (unpaired) electrons. The van der Waals surface area contributed by atoms with Crippen LogP contribution >= 0.6 is 0 Å². The summed E-state index contributed by atoms with van der Waals surface area (Å²) in [5.41, 5.74) is 3.11. The van der Waals surface area contributed by atoms with Gasteiger partial charge in [0.25, 0.3) is 5.91 Å². The average molecular weight is 355 g/mol. The zero-order chi connectivity index (χ0) is 18.5. The number of likely N-dealkylation sites (tertiary alicyclic amines) is 1. The minimum Gasteiger partial charge on any atom is -0.350 e. The lowest BCUT2D eigenvalue weighted by molar-refractivity contribution is 0.0944. The molecular formula is C20H29N5O. The second-order valence-electron chi connectivity index (χ2n) is 7.65. The van der Waals surface area contributed by atoms with Gasteiger partial charge < -0.3 is 5.32 Å². The van der Waals surface area contributed by atoms with Crippen molar-refractivity contribution in [1.29, 1.82) is 0 Å². The van der Waals surface area contributed by atoms with E-state index in [4.69, 9.17) is 0 Å². The van der Waals surface area contributed by atoms with E-state index in [0.717, 1.165) is 32.5 Å². The van der Waals surface area contributed by atoms with Gasteiger partial charge >= 0.3 is 0 Å². The zero-order valence-corrected chi connectivity index (χ0v) is 16.0. The molecule has 2 aromatic rings. The van der Waals surface area contributed by atoms with E-state index in [1.165, 1.54) is 11.1 Å². The van der Waals surface area contributed by atoms with Crippen molar-refractivity contribution in [2.24, 2.45) is 5.92 Å². The molecule has 1 N–H and O–H groups in total. The molecule has 1 aliphatic rings. The molecule has 26 heavy (non-hydrogen) atoms. The SMILES string of the molecule is Cc1ccccc1CN1CCC[C@@H](n2cc(C(=O)NCC(C)C)nn2)C1. The Kier molecular flexibility index (Phi) is 6.04. The molecule has 1 fully saturated rings. The predicted molar refractivity (Wildman–Crippen MR) is 102 cm³/mol. The van der Waals surface area contributed by atoms with Crippen molar-refractivity contribution in [2.45, 2.75) is 46.2 Å². The normalized spacial score (nSPS) is 18.2. The van der Waals surface area contributed by atoms with Crippen LogP contribution in [0.5, 0.6) is 0 Å². The Morgan fingerprint density at radius 1 is 1.35 bits per heavy atom. The number of amides is 1. The van der Waals surface area contributed by atoms with E-state index in [1.54, 1.807) is 6.20 Å². The lowest BCUT2D eigenvalue weighted by atomic mass is 10.0. The van der Waals surface area contributed by atoms with Gasteiger partial charge in [-0.15, -0.1) is 5.10 Å². The van der Waals surface area contributed by atoms with Crippen LogP contribution in [0.4, 0.5) is 0 Å². The predicted octanol–water partition coefficient (Wildman–Crippen LogP) is 2.81. The van der Waals surface area contributed by atoms with Gasteiger partial charge in [0.2, 0.25) is 0 Å². The van der Waals surface area contributed by atoms with Crippen LogP contribution in [0.3, 0.4) is 0 Å². The lowest BCUT2D eigenvalue weighted by Gasteiger charge is -2.32. The maximum atomic E-state index is 12.2. The highest BCUT2D eigenvalue weighted by Gasteiger charge is 2.23. The number of nitrogens with one attached hydrogen (secondary N) is 1. The van der Waals surface area contributed by atoms with E-state index < -0.39 is 0 Å². The van der Waals surface area contributed by atoms with Crippen molar-refractivity contribution in [3.8, 4) is 0 Å². The largest absolute Gasteiger partial charge is 0.350 e. The molecule has 0 saturated carbocycles. The van der Waals surface area contributed by atoms with Crippen molar-refractivity contribution in [1.82, 2.24) is 25.2 Å². The first-order chi connectivity index (χ1) is 12.5. The third kappa shape index (κ3) is 4.69. The molecular weight excluding hydrogens is 326 g/mol. The molecule has 1 atom stereocenters. The second kappa shape index (κ2) is 8.45. The number of aromatic nitrogens is 3. The molecule has 1 aromatic carbocycles. The summed E-state index contributed by atoms with van der Waals surface area (Å²) >= 11 is 0. The van der Waals surface area contributed by atoms with E-state index in [-0.39, 0.29) is 11.9 Å². The Morgan fingerprint density at radius 3 is 2.92 bits per heavy atom. The fourth-order valence-corrected chi connectivity index (χ4v) is 3.37. The molecule has 1 aromatic heterocycles. The molecule has 1 saturated heterocycles. The van der Waals surface area contributed by atoms with Crippen LogP contribution < -0.4 is 5.32 Å². The number of hydrogen-bond donors (Lipinski definition) is 1. The molecule has 0 unspecified atom stereocenters. The first-order valence-electron chi connectivity index (χ1n) is 9.50. The summed E-state index contributed by atoms with van der Waals surface area (Å²) in [6.07, 6.45) is 3.99. The van der Waals surface area contributed by atoms with Crippen molar-refractivity contribution in [3.63, 3.8) is 0 Å². The summed E-state index contributed by atoms with van der Waals surface area (Å²) in [4.78, 5) is 14.6. The van der Waals surface area contributed by atoms with E-state index >= 15 is 0 Å². The van der Waals surface area contributed by atoms with E-state index in [9.17, 15) is 4.79 Å². The number of benzene rings is 1. The highest BCUT2D eigenvalue weighted by Crippen LogP contribution is 2.23. The fraction of sp³-hybridized carbons (Fsp3) is 0.550. The minimum atomic E-state index is -0.141. The van der Waals surface area contributed by atoms with Gasteiger partial charge in [0.1, 0.15) is 0 Å². The summed E-state index contributed by atoms with van der Waals surface area (Å²) in [5.74, 6) is 0.278. The fourth-order valence-electron chi connectivity index (χ4n) is 3.37. The lowest BCUT2D eigenvalue weighted by Crippen LogP contribution is -2.36. The smallest absolute Gasteiger partial charge is 0.273 e. The molecule has 0 aliphatic carbocycles. The molecule has 6 nitrogen and oxygen atoms in total. The summed E-state index contributed by atoms with van der Waals surface area (Å²) in [5, 5.41) is 11.2. The van der Waals surface area contributed by atoms with Gasteiger partial charge in [-0.2, -0.15) is 0 Å². The molecule has 140 valence electrons. The Morgan fingerprint density at radius 2 is 2.15 bits per heavy atom. The summed E-state index contributed by atoms with van der Waals surface area (Å²) < 4.78 is 1.87. The van der Waals surface area contributed by atoms with Crippen LogP contribution in [0, 0.1) is 12.8 Å². The van der Waals surface area contributed by atoms with Gasteiger partial charge in [0.15, 0.2) is 5.69 Å². The highest BCUT2D eigenvalue weighted by atomic mass is 16.2. The maximum absolute atomic E-state index is 12.2. The summed E-state index contributed by atoms with van der Waals surface area (Å²) in [7, 11) is 0. The number of hydrogen-bond acceptors (Lipinski definition) is 4. The Bertz CT molecular complexity index is 739. The van der Waals surface area contributed by atoms with Crippen molar-refractivity contribution in [3.05, 3.63) is 47.3 Å². The van der Waals surface area contributed by atoms with Crippen LogP contribution in [-0.2, 0) is 6.54 Å². The number of rotatable bonds is 6. The highest BCUT2D eigenvalue weighted by molar-refractivity contribution is 5.91. The molecule has 0 spiro atoms. The Labute approximate surface area is 155 Å². The van der Waals surface area contributed by atoms with Crippen LogP contribution in [0.1, 0.15) is 54.3 Å². The van der Waals surface area contributed by atoms with Crippen LogP contribution in [0.2, 0.25) is 0 Å². The van der Waals surface area contributed by atoms with E-state index in [2.05, 4.69) is 65.6 Å².